The van der Waals surface area contributed by atoms with Crippen molar-refractivity contribution in [3.8, 4) is 0 Å². The molecule has 0 aromatic rings. The van der Waals surface area contributed by atoms with E-state index in [1.165, 1.54) is 17.7 Å². The third-order valence-electron chi connectivity index (χ3n) is 4.20. The lowest BCUT2D eigenvalue weighted by atomic mass is 10.1. The Balaban J connectivity index is 2.16. The first-order chi connectivity index (χ1) is 11.0. The quantitative estimate of drug-likeness (QED) is 0.572. The summed E-state index contributed by atoms with van der Waals surface area (Å²) >= 11 is 1.59. The molecule has 1 saturated heterocycles. The van der Waals surface area contributed by atoms with E-state index in [2.05, 4.69) is 28.7 Å². The number of amidine groups is 1. The van der Waals surface area contributed by atoms with Crippen LogP contribution in [0.5, 0.6) is 0 Å². The minimum atomic E-state index is -0.429. The maximum Gasteiger partial charge on any atom is 0.325 e. The van der Waals surface area contributed by atoms with Gasteiger partial charge in [-0.05, 0) is 13.3 Å². The van der Waals surface area contributed by atoms with Gasteiger partial charge in [0.05, 0.1) is 0 Å². The Morgan fingerprint density at radius 1 is 1.39 bits per heavy atom. The lowest BCUT2D eigenvalue weighted by Gasteiger charge is -2.36. The van der Waals surface area contributed by atoms with Crippen LogP contribution < -0.4 is 5.32 Å². The summed E-state index contributed by atoms with van der Waals surface area (Å²) in [6.45, 7) is 8.82. The van der Waals surface area contributed by atoms with E-state index in [9.17, 15) is 9.59 Å². The second kappa shape index (κ2) is 7.86. The van der Waals surface area contributed by atoms with Crippen LogP contribution in [-0.2, 0) is 4.79 Å². The van der Waals surface area contributed by atoms with Crippen LogP contribution in [0.4, 0.5) is 4.79 Å². The van der Waals surface area contributed by atoms with E-state index in [4.69, 9.17) is 0 Å². The van der Waals surface area contributed by atoms with Crippen LogP contribution in [0.3, 0.4) is 0 Å². The minimum Gasteiger partial charge on any atom is -0.336 e. The van der Waals surface area contributed by atoms with Crippen molar-refractivity contribution in [3.05, 3.63) is 12.7 Å². The van der Waals surface area contributed by atoms with Crippen molar-refractivity contribution in [2.45, 2.75) is 57.0 Å². The third-order valence-corrected chi connectivity index (χ3v) is 5.31. The maximum absolute atomic E-state index is 12.3. The minimum absolute atomic E-state index is 0.205. The number of aliphatic imine (C=N–C) groups is 1. The standard InChI is InChI=1S/C16H26N4O2S/c1-5-7-8-9-10-20-12-13(17-16(20)23-11(3)6-2)19(4)15(22)18-14(12)21/h6,11-13H,2,5,7-10H2,1,3-4H3,(H,18,21,22). The van der Waals surface area contributed by atoms with Gasteiger partial charge in [-0.25, -0.2) is 9.79 Å². The van der Waals surface area contributed by atoms with Crippen LogP contribution in [0.1, 0.15) is 39.5 Å². The SMILES string of the molecule is C=CC(C)SC1=NC2C(C(=O)NC(=O)N2C)N1CCCCCC. The number of amides is 3. The number of imide groups is 1. The van der Waals surface area contributed by atoms with Crippen LogP contribution in [0.25, 0.3) is 0 Å². The molecule has 0 aliphatic carbocycles. The molecule has 0 spiro atoms. The molecule has 23 heavy (non-hydrogen) atoms. The average molecular weight is 338 g/mol. The topological polar surface area (TPSA) is 65.0 Å². The van der Waals surface area contributed by atoms with E-state index in [1.54, 1.807) is 18.8 Å². The third kappa shape index (κ3) is 3.88. The Kier molecular flexibility index (Phi) is 6.10. The van der Waals surface area contributed by atoms with Crippen molar-refractivity contribution in [2.75, 3.05) is 13.6 Å². The zero-order valence-electron chi connectivity index (χ0n) is 14.1. The number of likely N-dealkylation sites (N-methyl/N-ethyl adjacent to an activating group) is 1. The summed E-state index contributed by atoms with van der Waals surface area (Å²) in [5, 5.41) is 3.46. The van der Waals surface area contributed by atoms with E-state index in [0.29, 0.717) is 0 Å². The summed E-state index contributed by atoms with van der Waals surface area (Å²) in [7, 11) is 1.68. The number of hydrogen-bond acceptors (Lipinski definition) is 5. The first-order valence-electron chi connectivity index (χ1n) is 8.20. The summed E-state index contributed by atoms with van der Waals surface area (Å²) in [5.74, 6) is -0.251. The Bertz CT molecular complexity index is 508. The Hall–Kier alpha value is -1.50. The molecular formula is C16H26N4O2S. The number of rotatable bonds is 7. The number of nitrogens with one attached hydrogen (secondary N) is 1. The molecule has 2 heterocycles. The van der Waals surface area contributed by atoms with Crippen molar-refractivity contribution < 1.29 is 9.59 Å². The van der Waals surface area contributed by atoms with Gasteiger partial charge in [0.1, 0.15) is 0 Å². The van der Waals surface area contributed by atoms with Gasteiger partial charge in [-0.2, -0.15) is 0 Å². The van der Waals surface area contributed by atoms with Crippen molar-refractivity contribution in [2.24, 2.45) is 4.99 Å². The van der Waals surface area contributed by atoms with Crippen molar-refractivity contribution >= 4 is 28.9 Å². The molecule has 0 bridgehead atoms. The van der Waals surface area contributed by atoms with Gasteiger partial charge >= 0.3 is 6.03 Å². The van der Waals surface area contributed by atoms with Gasteiger partial charge in [-0.1, -0.05) is 44.0 Å². The largest absolute Gasteiger partial charge is 0.336 e. The molecule has 2 rings (SSSR count). The predicted octanol–water partition coefficient (Wildman–Crippen LogP) is 2.42. The monoisotopic (exact) mass is 338 g/mol. The van der Waals surface area contributed by atoms with Gasteiger partial charge in [0.15, 0.2) is 17.4 Å². The molecule has 2 aliphatic heterocycles. The van der Waals surface area contributed by atoms with Crippen LogP contribution in [0.2, 0.25) is 0 Å². The fourth-order valence-electron chi connectivity index (χ4n) is 2.76. The molecule has 2 aliphatic rings. The number of urea groups is 1. The van der Waals surface area contributed by atoms with Crippen LogP contribution in [0, 0.1) is 0 Å². The predicted molar refractivity (Wildman–Crippen MR) is 94.4 cm³/mol. The van der Waals surface area contributed by atoms with Crippen LogP contribution in [0.15, 0.2) is 17.6 Å². The molecule has 0 saturated carbocycles. The number of carbonyl (C=O) groups excluding carboxylic acids is 2. The van der Waals surface area contributed by atoms with Gasteiger partial charge in [0, 0.05) is 18.8 Å². The lowest BCUT2D eigenvalue weighted by Crippen LogP contribution is -2.63. The zero-order valence-corrected chi connectivity index (χ0v) is 14.9. The summed E-state index contributed by atoms with van der Waals surface area (Å²) in [4.78, 5) is 32.4. The second-order valence-electron chi connectivity index (χ2n) is 5.99. The molecule has 3 unspecified atom stereocenters. The highest BCUT2D eigenvalue weighted by Gasteiger charge is 2.48. The molecule has 6 nitrogen and oxygen atoms in total. The highest BCUT2D eigenvalue weighted by molar-refractivity contribution is 8.14. The normalized spacial score (nSPS) is 25.1. The first-order valence-corrected chi connectivity index (χ1v) is 9.08. The molecule has 3 amide bonds. The van der Waals surface area contributed by atoms with Gasteiger partial charge < -0.3 is 9.80 Å². The first kappa shape index (κ1) is 17.8. The number of thioether (sulfide) groups is 1. The summed E-state index contributed by atoms with van der Waals surface area (Å²) in [6.07, 6.45) is 5.95. The highest BCUT2D eigenvalue weighted by Crippen LogP contribution is 2.30. The fraction of sp³-hybridized carbons (Fsp3) is 0.688. The molecule has 0 aromatic carbocycles. The van der Waals surface area contributed by atoms with E-state index >= 15 is 0 Å². The average Bonchev–Trinajstić information content (AvgIpc) is 2.88. The fourth-order valence-corrected chi connectivity index (χ4v) is 3.69. The number of nitrogens with zero attached hydrogens (tertiary/aromatic N) is 3. The molecular weight excluding hydrogens is 312 g/mol. The number of unbranched alkanes of at least 4 members (excludes halogenated alkanes) is 3. The second-order valence-corrected chi connectivity index (χ2v) is 7.33. The van der Waals surface area contributed by atoms with E-state index in [-0.39, 0.29) is 17.2 Å². The van der Waals surface area contributed by atoms with Crippen LogP contribution in [-0.4, -0.2) is 58.0 Å². The van der Waals surface area contributed by atoms with Gasteiger partial charge in [0.2, 0.25) is 0 Å². The van der Waals surface area contributed by atoms with Gasteiger partial charge in [0.25, 0.3) is 5.91 Å². The molecule has 7 heteroatoms. The maximum atomic E-state index is 12.3. The molecule has 3 atom stereocenters. The summed E-state index contributed by atoms with van der Waals surface area (Å²) in [5.41, 5.74) is 0. The number of hydrogen-bond donors (Lipinski definition) is 1. The summed E-state index contributed by atoms with van der Waals surface area (Å²) < 4.78 is 0. The smallest absolute Gasteiger partial charge is 0.325 e. The van der Waals surface area contributed by atoms with Crippen LogP contribution >= 0.6 is 11.8 Å². The van der Waals surface area contributed by atoms with Gasteiger partial charge in [-0.15, -0.1) is 6.58 Å². The van der Waals surface area contributed by atoms with E-state index < -0.39 is 12.2 Å². The Morgan fingerprint density at radius 2 is 2.13 bits per heavy atom. The molecule has 1 N–H and O–H groups in total. The van der Waals surface area contributed by atoms with Crippen molar-refractivity contribution in [3.63, 3.8) is 0 Å². The zero-order chi connectivity index (χ0) is 17.0. The molecule has 1 fully saturated rings. The lowest BCUT2D eigenvalue weighted by molar-refractivity contribution is -0.127. The van der Waals surface area contributed by atoms with Crippen molar-refractivity contribution in [1.82, 2.24) is 15.1 Å². The van der Waals surface area contributed by atoms with E-state index in [1.807, 2.05) is 13.0 Å². The van der Waals surface area contributed by atoms with Gasteiger partial charge in [-0.3, -0.25) is 10.1 Å². The number of carbonyl (C=O) groups is 2. The molecule has 128 valence electrons. The highest BCUT2D eigenvalue weighted by atomic mass is 32.2. The Labute approximate surface area is 142 Å². The molecule has 0 aromatic heterocycles. The summed E-state index contributed by atoms with van der Waals surface area (Å²) in [6, 6.07) is -0.798. The van der Waals surface area contributed by atoms with Crippen molar-refractivity contribution in [1.29, 1.82) is 0 Å². The molecule has 0 radical (unpaired) electrons. The Morgan fingerprint density at radius 3 is 2.78 bits per heavy atom. The van der Waals surface area contributed by atoms with E-state index in [0.717, 1.165) is 24.6 Å². The number of fused-ring (bicyclic) bond motifs is 1.